The maximum absolute atomic E-state index is 12.8. The first-order valence-electron chi connectivity index (χ1n) is 4.54. The molecular weight excluding hydrogens is 202 g/mol. The van der Waals surface area contributed by atoms with Crippen LogP contribution in [0.4, 0.5) is 8.78 Å². The van der Waals surface area contributed by atoms with Crippen LogP contribution in [-0.2, 0) is 11.2 Å². The van der Waals surface area contributed by atoms with Crippen molar-refractivity contribution in [1.29, 1.82) is 0 Å². The summed E-state index contributed by atoms with van der Waals surface area (Å²) >= 11 is 0. The van der Waals surface area contributed by atoms with Crippen molar-refractivity contribution >= 4 is 6.29 Å². The average molecular weight is 214 g/mol. The van der Waals surface area contributed by atoms with Gasteiger partial charge in [0.15, 0.2) is 0 Å². The van der Waals surface area contributed by atoms with Crippen molar-refractivity contribution in [3.05, 3.63) is 35.4 Å². The maximum atomic E-state index is 12.8. The smallest absolute Gasteiger partial charge is 0.126 e. The summed E-state index contributed by atoms with van der Waals surface area (Å²) in [5, 5.41) is 9.67. The van der Waals surface area contributed by atoms with Gasteiger partial charge in [-0.3, -0.25) is 0 Å². The zero-order chi connectivity index (χ0) is 11.5. The van der Waals surface area contributed by atoms with E-state index in [0.29, 0.717) is 11.8 Å². The van der Waals surface area contributed by atoms with Gasteiger partial charge >= 0.3 is 0 Å². The van der Waals surface area contributed by atoms with E-state index < -0.39 is 17.2 Å². The lowest BCUT2D eigenvalue weighted by atomic mass is 9.94. The molecule has 1 aromatic rings. The lowest BCUT2D eigenvalue weighted by molar-refractivity contribution is -0.111. The Morgan fingerprint density at radius 3 is 2.33 bits per heavy atom. The number of hydrogen-bond acceptors (Lipinski definition) is 2. The zero-order valence-electron chi connectivity index (χ0n) is 8.34. The Balaban J connectivity index is 2.84. The number of hydrogen-bond donors (Lipinski definition) is 1. The van der Waals surface area contributed by atoms with Gasteiger partial charge in [0.1, 0.15) is 17.9 Å². The van der Waals surface area contributed by atoms with Gasteiger partial charge in [0.2, 0.25) is 0 Å². The Bertz CT molecular complexity index is 341. The number of carbonyl (C=O) groups is 1. The highest BCUT2D eigenvalue weighted by Crippen LogP contribution is 2.17. The predicted molar refractivity (Wildman–Crippen MR) is 51.4 cm³/mol. The van der Waals surface area contributed by atoms with Crippen LogP contribution in [0, 0.1) is 11.6 Å². The molecule has 2 nitrogen and oxygen atoms in total. The van der Waals surface area contributed by atoms with Crippen molar-refractivity contribution in [2.45, 2.75) is 25.4 Å². The molecule has 0 aliphatic rings. The van der Waals surface area contributed by atoms with Gasteiger partial charge < -0.3 is 9.90 Å². The summed E-state index contributed by atoms with van der Waals surface area (Å²) in [7, 11) is 0. The van der Waals surface area contributed by atoms with Gasteiger partial charge in [0.05, 0.1) is 5.60 Å². The molecule has 0 fully saturated rings. The molecule has 0 bridgehead atoms. The van der Waals surface area contributed by atoms with Crippen molar-refractivity contribution in [2.24, 2.45) is 0 Å². The Labute approximate surface area is 86.5 Å². The largest absolute Gasteiger partial charge is 0.389 e. The molecule has 0 radical (unpaired) electrons. The second-order valence-corrected chi connectivity index (χ2v) is 3.82. The first-order chi connectivity index (χ1) is 6.93. The highest BCUT2D eigenvalue weighted by molar-refractivity contribution is 5.51. The fourth-order valence-corrected chi connectivity index (χ4v) is 1.40. The molecule has 4 heteroatoms. The minimum atomic E-state index is -1.26. The van der Waals surface area contributed by atoms with Gasteiger partial charge in [0.25, 0.3) is 0 Å². The van der Waals surface area contributed by atoms with Crippen molar-refractivity contribution in [2.75, 3.05) is 0 Å². The predicted octanol–water partition coefficient (Wildman–Crippen LogP) is 1.85. The number of benzene rings is 1. The lowest BCUT2D eigenvalue weighted by Gasteiger charge is -2.20. The summed E-state index contributed by atoms with van der Waals surface area (Å²) < 4.78 is 25.6. The second-order valence-electron chi connectivity index (χ2n) is 3.82. The summed E-state index contributed by atoms with van der Waals surface area (Å²) in [6.45, 7) is 1.45. The van der Waals surface area contributed by atoms with Crippen LogP contribution in [0.2, 0.25) is 0 Å². The summed E-state index contributed by atoms with van der Waals surface area (Å²) in [4.78, 5) is 10.2. The SMILES string of the molecule is CC(O)(CC=O)Cc1cc(F)cc(F)c1. The van der Waals surface area contributed by atoms with E-state index >= 15 is 0 Å². The van der Waals surface area contributed by atoms with Crippen molar-refractivity contribution in [3.63, 3.8) is 0 Å². The van der Waals surface area contributed by atoms with Crippen LogP contribution in [0.15, 0.2) is 18.2 Å². The van der Waals surface area contributed by atoms with Gasteiger partial charge in [0, 0.05) is 18.9 Å². The molecule has 0 aliphatic heterocycles. The van der Waals surface area contributed by atoms with Crippen LogP contribution in [0.5, 0.6) is 0 Å². The second kappa shape index (κ2) is 4.49. The molecule has 1 N–H and O–H groups in total. The monoisotopic (exact) mass is 214 g/mol. The molecule has 1 atom stereocenters. The average Bonchev–Trinajstić information content (AvgIpc) is 1.99. The Kier molecular flexibility index (Phi) is 3.52. The fraction of sp³-hybridized carbons (Fsp3) is 0.364. The Morgan fingerprint density at radius 1 is 1.33 bits per heavy atom. The molecule has 0 amide bonds. The van der Waals surface area contributed by atoms with E-state index in [1.165, 1.54) is 6.92 Å². The minimum Gasteiger partial charge on any atom is -0.389 e. The van der Waals surface area contributed by atoms with Gasteiger partial charge in [-0.05, 0) is 24.6 Å². The van der Waals surface area contributed by atoms with Crippen LogP contribution in [0.25, 0.3) is 0 Å². The number of halogens is 2. The summed E-state index contributed by atoms with van der Waals surface area (Å²) in [6, 6.07) is 3.04. The number of aldehydes is 1. The van der Waals surface area contributed by atoms with Crippen LogP contribution >= 0.6 is 0 Å². The van der Waals surface area contributed by atoms with E-state index in [-0.39, 0.29) is 12.8 Å². The highest BCUT2D eigenvalue weighted by atomic mass is 19.1. The van der Waals surface area contributed by atoms with Crippen LogP contribution in [0.1, 0.15) is 18.9 Å². The van der Waals surface area contributed by atoms with Gasteiger partial charge in [-0.15, -0.1) is 0 Å². The van der Waals surface area contributed by atoms with E-state index in [2.05, 4.69) is 0 Å². The van der Waals surface area contributed by atoms with Crippen molar-refractivity contribution < 1.29 is 18.7 Å². The van der Waals surface area contributed by atoms with Crippen LogP contribution < -0.4 is 0 Å². The molecular formula is C11H12F2O2. The van der Waals surface area contributed by atoms with Gasteiger partial charge in [-0.25, -0.2) is 8.78 Å². The third-order valence-electron chi connectivity index (χ3n) is 2.03. The van der Waals surface area contributed by atoms with Crippen molar-refractivity contribution in [3.8, 4) is 0 Å². The first-order valence-corrected chi connectivity index (χ1v) is 4.54. The Hall–Kier alpha value is -1.29. The molecule has 1 rings (SSSR count). The van der Waals surface area contributed by atoms with E-state index in [4.69, 9.17) is 0 Å². The Morgan fingerprint density at radius 2 is 1.87 bits per heavy atom. The molecule has 0 heterocycles. The molecule has 0 aliphatic carbocycles. The molecule has 1 aromatic carbocycles. The van der Waals surface area contributed by atoms with Crippen molar-refractivity contribution in [1.82, 2.24) is 0 Å². The highest BCUT2D eigenvalue weighted by Gasteiger charge is 2.20. The van der Waals surface area contributed by atoms with Crippen LogP contribution in [-0.4, -0.2) is 17.0 Å². The van der Waals surface area contributed by atoms with E-state index in [1.807, 2.05) is 0 Å². The third-order valence-corrected chi connectivity index (χ3v) is 2.03. The fourth-order valence-electron chi connectivity index (χ4n) is 1.40. The number of aliphatic hydroxyl groups is 1. The molecule has 0 saturated heterocycles. The summed E-state index contributed by atoms with van der Waals surface area (Å²) in [5.74, 6) is -1.38. The zero-order valence-corrected chi connectivity index (χ0v) is 8.34. The minimum absolute atomic E-state index is 0.0421. The molecule has 0 saturated carbocycles. The molecule has 0 spiro atoms. The van der Waals surface area contributed by atoms with Gasteiger partial charge in [-0.2, -0.15) is 0 Å². The maximum Gasteiger partial charge on any atom is 0.126 e. The quantitative estimate of drug-likeness (QED) is 0.776. The summed E-state index contributed by atoms with van der Waals surface area (Å²) in [6.07, 6.45) is 0.557. The third kappa shape index (κ3) is 3.75. The molecule has 1 unspecified atom stereocenters. The molecule has 0 aromatic heterocycles. The normalized spacial score (nSPS) is 14.7. The van der Waals surface area contributed by atoms with Gasteiger partial charge in [-0.1, -0.05) is 0 Å². The molecule has 82 valence electrons. The lowest BCUT2D eigenvalue weighted by Crippen LogP contribution is -2.27. The van der Waals surface area contributed by atoms with E-state index in [1.54, 1.807) is 0 Å². The van der Waals surface area contributed by atoms with E-state index in [0.717, 1.165) is 18.2 Å². The molecule has 15 heavy (non-hydrogen) atoms. The van der Waals surface area contributed by atoms with Crippen LogP contribution in [0.3, 0.4) is 0 Å². The number of carbonyl (C=O) groups excluding carboxylic acids is 1. The summed E-state index contributed by atoms with van der Waals surface area (Å²) in [5.41, 5.74) is -0.929. The number of rotatable bonds is 4. The topological polar surface area (TPSA) is 37.3 Å². The van der Waals surface area contributed by atoms with E-state index in [9.17, 15) is 18.7 Å². The standard InChI is InChI=1S/C11H12F2O2/c1-11(15,2-3-14)7-8-4-9(12)6-10(13)5-8/h3-6,15H,2,7H2,1H3. The first kappa shape index (κ1) is 11.8.